The molecule has 2 aromatic heterocycles. The molecule has 2 aliphatic heterocycles. The quantitative estimate of drug-likeness (QED) is 0.726. The van der Waals surface area contributed by atoms with Gasteiger partial charge in [-0.25, -0.2) is 4.98 Å². The van der Waals surface area contributed by atoms with E-state index in [9.17, 15) is 0 Å². The lowest BCUT2D eigenvalue weighted by Gasteiger charge is -2.42. The van der Waals surface area contributed by atoms with Gasteiger partial charge in [-0.3, -0.25) is 9.80 Å². The highest BCUT2D eigenvalue weighted by atomic mass is 35.5. The molecule has 0 unspecified atom stereocenters. The highest BCUT2D eigenvalue weighted by Gasteiger charge is 2.27. The number of piperidine rings is 1. The molecule has 0 saturated carbocycles. The number of aromatic nitrogens is 3. The Morgan fingerprint density at radius 3 is 2.59 bits per heavy atom. The zero-order valence-corrected chi connectivity index (χ0v) is 16.6. The Labute approximate surface area is 165 Å². The lowest BCUT2D eigenvalue weighted by atomic mass is 10.0. The van der Waals surface area contributed by atoms with Crippen molar-refractivity contribution in [2.45, 2.75) is 32.4 Å². The van der Waals surface area contributed by atoms with Gasteiger partial charge in [0.15, 0.2) is 0 Å². The van der Waals surface area contributed by atoms with Crippen molar-refractivity contribution < 1.29 is 4.52 Å². The van der Waals surface area contributed by atoms with Crippen LogP contribution in [0.25, 0.3) is 11.4 Å². The van der Waals surface area contributed by atoms with E-state index in [2.05, 4.69) is 36.7 Å². The third-order valence-electron chi connectivity index (χ3n) is 5.75. The standard InChI is InChI=1S/C19H27ClN6O/c1-2-24-10-12-26(13-11-24)15-5-8-25(9-6-15)14-17-22-19(23-27-17)16-4-3-7-21-18(16)20/h3-4,7,15H,2,5-6,8-14H2,1H3. The van der Waals surface area contributed by atoms with Crippen LogP contribution in [0.4, 0.5) is 0 Å². The maximum Gasteiger partial charge on any atom is 0.241 e. The lowest BCUT2D eigenvalue weighted by Crippen LogP contribution is -2.53. The number of pyridine rings is 1. The fourth-order valence-electron chi connectivity index (χ4n) is 4.06. The first-order valence-corrected chi connectivity index (χ1v) is 10.2. The lowest BCUT2D eigenvalue weighted by molar-refractivity contribution is 0.0567. The summed E-state index contributed by atoms with van der Waals surface area (Å²) in [6.45, 7) is 11.1. The van der Waals surface area contributed by atoms with E-state index in [1.807, 2.05) is 12.1 Å². The molecule has 7 nitrogen and oxygen atoms in total. The fourth-order valence-corrected chi connectivity index (χ4v) is 4.26. The Hall–Kier alpha value is -1.54. The maximum absolute atomic E-state index is 6.12. The van der Waals surface area contributed by atoms with Gasteiger partial charge >= 0.3 is 0 Å². The van der Waals surface area contributed by atoms with E-state index in [-0.39, 0.29) is 0 Å². The largest absolute Gasteiger partial charge is 0.338 e. The van der Waals surface area contributed by atoms with Crippen molar-refractivity contribution >= 4 is 11.6 Å². The van der Waals surface area contributed by atoms with Crippen molar-refractivity contribution in [3.05, 3.63) is 29.4 Å². The van der Waals surface area contributed by atoms with Crippen LogP contribution in [0.2, 0.25) is 5.15 Å². The van der Waals surface area contributed by atoms with Gasteiger partial charge in [0, 0.05) is 51.5 Å². The first kappa shape index (κ1) is 18.8. The van der Waals surface area contributed by atoms with Crippen LogP contribution < -0.4 is 0 Å². The van der Waals surface area contributed by atoms with Gasteiger partial charge in [0.1, 0.15) is 5.15 Å². The summed E-state index contributed by atoms with van der Waals surface area (Å²) in [6.07, 6.45) is 4.07. The number of nitrogens with zero attached hydrogens (tertiary/aromatic N) is 6. The molecule has 0 atom stereocenters. The van der Waals surface area contributed by atoms with Gasteiger partial charge in [-0.2, -0.15) is 4.98 Å². The summed E-state index contributed by atoms with van der Waals surface area (Å²) in [6, 6.07) is 4.39. The Morgan fingerprint density at radius 2 is 1.89 bits per heavy atom. The number of rotatable bonds is 5. The summed E-state index contributed by atoms with van der Waals surface area (Å²) in [4.78, 5) is 16.2. The number of piperazine rings is 1. The maximum atomic E-state index is 6.12. The van der Waals surface area contributed by atoms with Gasteiger partial charge in [-0.15, -0.1) is 0 Å². The summed E-state index contributed by atoms with van der Waals surface area (Å²) in [5.74, 6) is 1.15. The van der Waals surface area contributed by atoms with Crippen LogP contribution >= 0.6 is 11.6 Å². The van der Waals surface area contributed by atoms with E-state index in [0.29, 0.717) is 35.0 Å². The minimum atomic E-state index is 0.397. The topological polar surface area (TPSA) is 61.5 Å². The van der Waals surface area contributed by atoms with Crippen molar-refractivity contribution in [1.82, 2.24) is 29.8 Å². The minimum Gasteiger partial charge on any atom is -0.338 e. The molecule has 2 fully saturated rings. The molecule has 0 N–H and O–H groups in total. The molecule has 146 valence electrons. The van der Waals surface area contributed by atoms with E-state index in [4.69, 9.17) is 16.1 Å². The summed E-state index contributed by atoms with van der Waals surface area (Å²) >= 11 is 6.12. The number of halogens is 1. The molecule has 0 bridgehead atoms. The SMILES string of the molecule is CCN1CCN(C2CCN(Cc3nc(-c4cccnc4Cl)no3)CC2)CC1. The second kappa shape index (κ2) is 8.65. The molecule has 2 aliphatic rings. The Balaban J connectivity index is 1.28. The molecule has 2 aromatic rings. The van der Waals surface area contributed by atoms with Crippen molar-refractivity contribution in [2.24, 2.45) is 0 Å². The smallest absolute Gasteiger partial charge is 0.241 e. The molecule has 0 aliphatic carbocycles. The van der Waals surface area contributed by atoms with Gasteiger partial charge < -0.3 is 9.42 Å². The Morgan fingerprint density at radius 1 is 1.11 bits per heavy atom. The van der Waals surface area contributed by atoms with E-state index in [1.54, 1.807) is 6.20 Å². The number of likely N-dealkylation sites (N-methyl/N-ethyl adjacent to an activating group) is 1. The zero-order valence-electron chi connectivity index (χ0n) is 15.8. The number of hydrogen-bond acceptors (Lipinski definition) is 7. The molecular weight excluding hydrogens is 364 g/mol. The van der Waals surface area contributed by atoms with E-state index in [0.717, 1.165) is 13.1 Å². The Kier molecular flexibility index (Phi) is 6.02. The summed E-state index contributed by atoms with van der Waals surface area (Å²) in [7, 11) is 0. The highest BCUT2D eigenvalue weighted by Crippen LogP contribution is 2.24. The third kappa shape index (κ3) is 4.48. The minimum absolute atomic E-state index is 0.397. The van der Waals surface area contributed by atoms with Crippen LogP contribution in [-0.2, 0) is 6.54 Å². The summed E-state index contributed by atoms with van der Waals surface area (Å²) < 4.78 is 5.44. The second-order valence-corrected chi connectivity index (χ2v) is 7.69. The van der Waals surface area contributed by atoms with Gasteiger partial charge in [0.05, 0.1) is 12.1 Å². The summed E-state index contributed by atoms with van der Waals surface area (Å²) in [5, 5.41) is 4.46. The predicted molar refractivity (Wildman–Crippen MR) is 105 cm³/mol. The van der Waals surface area contributed by atoms with Crippen LogP contribution in [0, 0.1) is 0 Å². The van der Waals surface area contributed by atoms with Crippen LogP contribution in [0.15, 0.2) is 22.9 Å². The average molecular weight is 391 g/mol. The van der Waals surface area contributed by atoms with Crippen LogP contribution in [0.5, 0.6) is 0 Å². The highest BCUT2D eigenvalue weighted by molar-refractivity contribution is 6.31. The van der Waals surface area contributed by atoms with Crippen molar-refractivity contribution in [3.8, 4) is 11.4 Å². The summed E-state index contributed by atoms with van der Waals surface area (Å²) in [5.41, 5.74) is 0.707. The predicted octanol–water partition coefficient (Wildman–Crippen LogP) is 2.39. The molecule has 4 rings (SSSR count). The molecule has 27 heavy (non-hydrogen) atoms. The first-order chi connectivity index (χ1) is 13.2. The van der Waals surface area contributed by atoms with Gasteiger partial charge in [-0.1, -0.05) is 23.7 Å². The number of likely N-dealkylation sites (tertiary alicyclic amines) is 1. The van der Waals surface area contributed by atoms with Gasteiger partial charge in [0.2, 0.25) is 11.7 Å². The van der Waals surface area contributed by atoms with E-state index in [1.165, 1.54) is 45.6 Å². The van der Waals surface area contributed by atoms with Crippen molar-refractivity contribution in [2.75, 3.05) is 45.8 Å². The molecule has 0 spiro atoms. The number of hydrogen-bond donors (Lipinski definition) is 0. The van der Waals surface area contributed by atoms with Crippen LogP contribution in [0.1, 0.15) is 25.7 Å². The third-order valence-corrected chi connectivity index (χ3v) is 6.06. The van der Waals surface area contributed by atoms with Gasteiger partial charge in [-0.05, 0) is 31.5 Å². The molecule has 0 radical (unpaired) electrons. The molecule has 0 aromatic carbocycles. The average Bonchev–Trinajstić information content (AvgIpc) is 3.17. The van der Waals surface area contributed by atoms with Crippen LogP contribution in [-0.4, -0.2) is 81.7 Å². The van der Waals surface area contributed by atoms with E-state index < -0.39 is 0 Å². The first-order valence-electron chi connectivity index (χ1n) is 9.85. The molecule has 0 amide bonds. The van der Waals surface area contributed by atoms with Crippen molar-refractivity contribution in [3.63, 3.8) is 0 Å². The monoisotopic (exact) mass is 390 g/mol. The fraction of sp³-hybridized carbons (Fsp3) is 0.632. The molecule has 4 heterocycles. The Bertz CT molecular complexity index is 737. The molecule has 2 saturated heterocycles. The van der Waals surface area contributed by atoms with E-state index >= 15 is 0 Å². The van der Waals surface area contributed by atoms with Crippen molar-refractivity contribution in [1.29, 1.82) is 0 Å². The van der Waals surface area contributed by atoms with Gasteiger partial charge in [0.25, 0.3) is 0 Å². The zero-order chi connectivity index (χ0) is 18.6. The molecular formula is C19H27ClN6O. The molecule has 8 heteroatoms. The van der Waals surface area contributed by atoms with Crippen LogP contribution in [0.3, 0.4) is 0 Å². The second-order valence-electron chi connectivity index (χ2n) is 7.33. The normalized spacial score (nSPS) is 21.0.